The topological polar surface area (TPSA) is 65.1 Å². The highest BCUT2D eigenvalue weighted by Crippen LogP contribution is 2.16. The van der Waals surface area contributed by atoms with Crippen LogP contribution in [0, 0.1) is 0 Å². The molecule has 0 fully saturated rings. The van der Waals surface area contributed by atoms with Gasteiger partial charge in [0.15, 0.2) is 0 Å². The van der Waals surface area contributed by atoms with E-state index >= 15 is 0 Å². The van der Waals surface area contributed by atoms with Crippen LogP contribution in [0.25, 0.3) is 10.9 Å². The predicted molar refractivity (Wildman–Crippen MR) is 83.5 cm³/mol. The number of aliphatic hydroxyl groups is 1. The number of amides is 1. The van der Waals surface area contributed by atoms with Gasteiger partial charge in [-0.05, 0) is 48.4 Å². The number of nitrogens with one attached hydrogen (secondary N) is 2. The third-order valence-electron chi connectivity index (χ3n) is 3.43. The molecule has 3 N–H and O–H groups in total. The monoisotopic (exact) mass is 280 g/mol. The van der Waals surface area contributed by atoms with Crippen LogP contribution in [0.15, 0.2) is 54.7 Å². The summed E-state index contributed by atoms with van der Waals surface area (Å²) >= 11 is 0. The first-order valence-electron chi connectivity index (χ1n) is 6.84. The van der Waals surface area contributed by atoms with E-state index in [0.717, 1.165) is 22.2 Å². The number of benzene rings is 2. The number of aromatic amines is 1. The number of H-pyrrole nitrogens is 1. The standard InChI is InChI=1S/C17H16N2O2/c20-10-8-12-1-4-15(5-2-12)19-17(21)14-3-6-16-13(11-14)7-9-18-16/h1-7,9,11,18,20H,8,10H2,(H,19,21). The van der Waals surface area contributed by atoms with Crippen LogP contribution in [-0.2, 0) is 6.42 Å². The molecule has 2 aromatic carbocycles. The largest absolute Gasteiger partial charge is 0.396 e. The molecule has 0 aliphatic rings. The predicted octanol–water partition coefficient (Wildman–Crippen LogP) is 2.96. The van der Waals surface area contributed by atoms with Gasteiger partial charge in [-0.2, -0.15) is 0 Å². The first-order valence-corrected chi connectivity index (χ1v) is 6.84. The number of anilines is 1. The van der Waals surface area contributed by atoms with E-state index in [1.807, 2.05) is 48.7 Å². The Morgan fingerprint density at radius 3 is 2.67 bits per heavy atom. The first-order chi connectivity index (χ1) is 10.3. The summed E-state index contributed by atoms with van der Waals surface area (Å²) in [5.74, 6) is -0.131. The quantitative estimate of drug-likeness (QED) is 0.688. The highest BCUT2D eigenvalue weighted by molar-refractivity contribution is 6.06. The van der Waals surface area contributed by atoms with Gasteiger partial charge < -0.3 is 15.4 Å². The van der Waals surface area contributed by atoms with Crippen molar-refractivity contribution < 1.29 is 9.90 Å². The molecule has 4 heteroatoms. The molecule has 3 rings (SSSR count). The van der Waals surface area contributed by atoms with Gasteiger partial charge in [0.1, 0.15) is 0 Å². The molecule has 3 aromatic rings. The second kappa shape index (κ2) is 5.81. The molecule has 0 bridgehead atoms. The van der Waals surface area contributed by atoms with Crippen LogP contribution in [0.1, 0.15) is 15.9 Å². The molecule has 0 radical (unpaired) electrons. The summed E-state index contributed by atoms with van der Waals surface area (Å²) in [4.78, 5) is 15.3. The normalized spacial score (nSPS) is 10.7. The summed E-state index contributed by atoms with van der Waals surface area (Å²) in [5.41, 5.74) is 3.43. The van der Waals surface area contributed by atoms with Crippen molar-refractivity contribution in [3.8, 4) is 0 Å². The minimum atomic E-state index is -0.131. The fourth-order valence-electron chi connectivity index (χ4n) is 2.28. The summed E-state index contributed by atoms with van der Waals surface area (Å²) in [6.07, 6.45) is 2.48. The van der Waals surface area contributed by atoms with Crippen molar-refractivity contribution in [3.05, 3.63) is 65.9 Å². The number of aromatic nitrogens is 1. The van der Waals surface area contributed by atoms with Crippen LogP contribution in [-0.4, -0.2) is 22.6 Å². The van der Waals surface area contributed by atoms with Crippen molar-refractivity contribution in [1.82, 2.24) is 4.98 Å². The van der Waals surface area contributed by atoms with Gasteiger partial charge in [-0.25, -0.2) is 0 Å². The first kappa shape index (κ1) is 13.4. The maximum atomic E-state index is 12.2. The average Bonchev–Trinajstić information content (AvgIpc) is 2.97. The van der Waals surface area contributed by atoms with E-state index in [1.165, 1.54) is 0 Å². The maximum Gasteiger partial charge on any atom is 0.255 e. The fourth-order valence-corrected chi connectivity index (χ4v) is 2.28. The van der Waals surface area contributed by atoms with Crippen molar-refractivity contribution in [1.29, 1.82) is 0 Å². The number of hydrogen-bond acceptors (Lipinski definition) is 2. The van der Waals surface area contributed by atoms with E-state index in [4.69, 9.17) is 5.11 Å². The van der Waals surface area contributed by atoms with E-state index in [-0.39, 0.29) is 12.5 Å². The number of rotatable bonds is 4. The molecule has 0 saturated carbocycles. The molecule has 0 saturated heterocycles. The summed E-state index contributed by atoms with van der Waals surface area (Å²) in [6.45, 7) is 0.127. The molecule has 0 unspecified atom stereocenters. The fraction of sp³-hybridized carbons (Fsp3) is 0.118. The van der Waals surface area contributed by atoms with Crippen LogP contribution in [0.5, 0.6) is 0 Å². The van der Waals surface area contributed by atoms with Crippen molar-refractivity contribution in [2.45, 2.75) is 6.42 Å². The summed E-state index contributed by atoms with van der Waals surface area (Å²) in [7, 11) is 0. The zero-order chi connectivity index (χ0) is 14.7. The molecule has 1 heterocycles. The number of aliphatic hydroxyl groups excluding tert-OH is 1. The lowest BCUT2D eigenvalue weighted by Crippen LogP contribution is -2.11. The molecule has 0 aliphatic carbocycles. The number of carbonyl (C=O) groups is 1. The van der Waals surface area contributed by atoms with Gasteiger partial charge in [-0.1, -0.05) is 12.1 Å². The molecule has 0 aliphatic heterocycles. The third-order valence-corrected chi connectivity index (χ3v) is 3.43. The van der Waals surface area contributed by atoms with E-state index in [9.17, 15) is 4.79 Å². The van der Waals surface area contributed by atoms with Crippen molar-refractivity contribution in [3.63, 3.8) is 0 Å². The van der Waals surface area contributed by atoms with E-state index < -0.39 is 0 Å². The highest BCUT2D eigenvalue weighted by Gasteiger charge is 2.07. The number of fused-ring (bicyclic) bond motifs is 1. The zero-order valence-electron chi connectivity index (χ0n) is 11.5. The summed E-state index contributed by atoms with van der Waals surface area (Å²) in [6, 6.07) is 15.0. The van der Waals surface area contributed by atoms with Gasteiger partial charge in [0.25, 0.3) is 5.91 Å². The number of hydrogen-bond donors (Lipinski definition) is 3. The second-order valence-corrected chi connectivity index (χ2v) is 4.90. The Balaban J connectivity index is 1.75. The molecule has 21 heavy (non-hydrogen) atoms. The van der Waals surface area contributed by atoms with E-state index in [0.29, 0.717) is 12.0 Å². The molecule has 1 aromatic heterocycles. The molecular weight excluding hydrogens is 264 g/mol. The second-order valence-electron chi connectivity index (χ2n) is 4.90. The van der Waals surface area contributed by atoms with Gasteiger partial charge in [-0.3, -0.25) is 4.79 Å². The van der Waals surface area contributed by atoms with Crippen molar-refractivity contribution in [2.24, 2.45) is 0 Å². The smallest absolute Gasteiger partial charge is 0.255 e. The Hall–Kier alpha value is -2.59. The minimum absolute atomic E-state index is 0.127. The molecular formula is C17H16N2O2. The Labute approximate surface area is 122 Å². The van der Waals surface area contributed by atoms with Crippen molar-refractivity contribution >= 4 is 22.5 Å². The Morgan fingerprint density at radius 2 is 1.90 bits per heavy atom. The van der Waals surface area contributed by atoms with Crippen LogP contribution < -0.4 is 5.32 Å². The maximum absolute atomic E-state index is 12.2. The third kappa shape index (κ3) is 2.95. The van der Waals surface area contributed by atoms with Crippen LogP contribution in [0.3, 0.4) is 0 Å². The van der Waals surface area contributed by atoms with Crippen LogP contribution in [0.4, 0.5) is 5.69 Å². The molecule has 1 amide bonds. The van der Waals surface area contributed by atoms with Gasteiger partial charge in [-0.15, -0.1) is 0 Å². The van der Waals surface area contributed by atoms with Crippen LogP contribution in [0.2, 0.25) is 0 Å². The molecule has 106 valence electrons. The highest BCUT2D eigenvalue weighted by atomic mass is 16.2. The number of carbonyl (C=O) groups excluding carboxylic acids is 1. The zero-order valence-corrected chi connectivity index (χ0v) is 11.5. The van der Waals surface area contributed by atoms with E-state index in [1.54, 1.807) is 6.07 Å². The Bertz CT molecular complexity index is 760. The molecule has 0 spiro atoms. The van der Waals surface area contributed by atoms with Gasteiger partial charge in [0.05, 0.1) is 0 Å². The van der Waals surface area contributed by atoms with Gasteiger partial charge in [0, 0.05) is 35.0 Å². The van der Waals surface area contributed by atoms with Gasteiger partial charge in [0.2, 0.25) is 0 Å². The SMILES string of the molecule is O=C(Nc1ccc(CCO)cc1)c1ccc2[nH]ccc2c1. The molecule has 0 atom stereocenters. The lowest BCUT2D eigenvalue weighted by molar-refractivity contribution is 0.102. The van der Waals surface area contributed by atoms with Gasteiger partial charge >= 0.3 is 0 Å². The lowest BCUT2D eigenvalue weighted by atomic mass is 10.1. The molecule has 4 nitrogen and oxygen atoms in total. The Morgan fingerprint density at radius 1 is 1.10 bits per heavy atom. The Kier molecular flexibility index (Phi) is 3.71. The summed E-state index contributed by atoms with van der Waals surface area (Å²) in [5, 5.41) is 12.8. The lowest BCUT2D eigenvalue weighted by Gasteiger charge is -2.06. The van der Waals surface area contributed by atoms with Crippen molar-refractivity contribution in [2.75, 3.05) is 11.9 Å². The van der Waals surface area contributed by atoms with E-state index in [2.05, 4.69) is 10.3 Å². The van der Waals surface area contributed by atoms with Crippen LogP contribution >= 0.6 is 0 Å². The summed E-state index contributed by atoms with van der Waals surface area (Å²) < 4.78 is 0. The minimum Gasteiger partial charge on any atom is -0.396 e. The average molecular weight is 280 g/mol.